The first-order valence-electron chi connectivity index (χ1n) is 9.20. The smallest absolute Gasteiger partial charge is 0.241 e. The van der Waals surface area contributed by atoms with Gasteiger partial charge in [0, 0.05) is 24.7 Å². The van der Waals surface area contributed by atoms with Crippen molar-refractivity contribution in [2.45, 2.75) is 44.0 Å². The molecule has 1 aliphatic rings. The number of amides is 1. The van der Waals surface area contributed by atoms with E-state index in [0.717, 1.165) is 23.3 Å². The lowest BCUT2D eigenvalue weighted by Crippen LogP contribution is -2.45. The Hall–Kier alpha value is -2.38. The molecule has 2 aromatic carbocycles. The average molecular weight is 403 g/mol. The molecule has 0 fully saturated rings. The van der Waals surface area contributed by atoms with E-state index in [2.05, 4.69) is 4.72 Å². The number of nitrogens with zero attached hydrogens (tertiary/aromatic N) is 1. The largest absolute Gasteiger partial charge is 0.496 e. The first-order chi connectivity index (χ1) is 13.1. The Bertz CT molecular complexity index is 999. The quantitative estimate of drug-likeness (QED) is 0.806. The molecule has 1 amide bonds. The number of carbonyl (C=O) groups excluding carboxylic acids is 1. The number of hydrogen-bond acceptors (Lipinski definition) is 4. The number of nitrogens with one attached hydrogen (secondary N) is 1. The van der Waals surface area contributed by atoms with Crippen molar-refractivity contribution in [3.8, 4) is 5.75 Å². The van der Waals surface area contributed by atoms with E-state index < -0.39 is 15.6 Å². The molecule has 2 aromatic rings. The van der Waals surface area contributed by atoms with Crippen LogP contribution in [0.2, 0.25) is 0 Å². The fourth-order valence-corrected chi connectivity index (χ4v) is 5.07. The fraction of sp³-hybridized carbons (Fsp3) is 0.381. The molecule has 0 aromatic heterocycles. The van der Waals surface area contributed by atoms with Gasteiger partial charge in [-0.25, -0.2) is 13.1 Å². The van der Waals surface area contributed by atoms with Crippen LogP contribution < -0.4 is 14.4 Å². The number of para-hydroxylation sites is 1. The van der Waals surface area contributed by atoms with Crippen molar-refractivity contribution in [1.29, 1.82) is 0 Å². The molecule has 0 unspecified atom stereocenters. The number of ether oxygens (including phenoxy) is 1. The Balaban J connectivity index is 1.85. The molecule has 0 aliphatic carbocycles. The molecule has 1 N–H and O–H groups in total. The molecule has 1 aliphatic heterocycles. The summed E-state index contributed by atoms with van der Waals surface area (Å²) >= 11 is 0. The van der Waals surface area contributed by atoms with Crippen LogP contribution in [0.15, 0.2) is 47.4 Å². The maximum absolute atomic E-state index is 13.0. The Morgan fingerprint density at radius 2 is 1.93 bits per heavy atom. The van der Waals surface area contributed by atoms with E-state index in [0.29, 0.717) is 18.7 Å². The van der Waals surface area contributed by atoms with Crippen LogP contribution in [0.1, 0.15) is 31.9 Å². The second-order valence-corrected chi connectivity index (χ2v) is 9.37. The summed E-state index contributed by atoms with van der Waals surface area (Å²) in [6.07, 6.45) is 1.21. The highest BCUT2D eigenvalue weighted by Crippen LogP contribution is 2.31. The van der Waals surface area contributed by atoms with E-state index in [4.69, 9.17) is 4.74 Å². The topological polar surface area (TPSA) is 75.7 Å². The van der Waals surface area contributed by atoms with Crippen molar-refractivity contribution < 1.29 is 17.9 Å². The molecule has 0 saturated carbocycles. The molecule has 0 spiro atoms. The zero-order chi connectivity index (χ0) is 20.5. The second-order valence-electron chi connectivity index (χ2n) is 7.69. The standard InChI is InChI=1S/C21H26N2O4S/c1-15(24)23-12-11-16-9-10-18(13-19(16)23)28(25,26)22-21(2,3)14-17-7-5-6-8-20(17)27-4/h5-10,13,22H,11-12,14H2,1-4H3. The van der Waals surface area contributed by atoms with E-state index in [1.807, 2.05) is 38.1 Å². The van der Waals surface area contributed by atoms with Gasteiger partial charge in [-0.3, -0.25) is 4.79 Å². The van der Waals surface area contributed by atoms with Crippen LogP contribution in [0.4, 0.5) is 5.69 Å². The molecule has 28 heavy (non-hydrogen) atoms. The van der Waals surface area contributed by atoms with Gasteiger partial charge >= 0.3 is 0 Å². The second kappa shape index (κ2) is 7.56. The number of carbonyl (C=O) groups is 1. The van der Waals surface area contributed by atoms with Crippen LogP contribution >= 0.6 is 0 Å². The third kappa shape index (κ3) is 4.20. The van der Waals surface area contributed by atoms with Crippen LogP contribution in [0.3, 0.4) is 0 Å². The van der Waals surface area contributed by atoms with Crippen LogP contribution in [0, 0.1) is 0 Å². The van der Waals surface area contributed by atoms with E-state index in [-0.39, 0.29) is 10.8 Å². The van der Waals surface area contributed by atoms with Gasteiger partial charge in [0.05, 0.1) is 12.0 Å². The normalized spacial score (nSPS) is 14.1. The highest BCUT2D eigenvalue weighted by molar-refractivity contribution is 7.89. The molecule has 3 rings (SSSR count). The fourth-order valence-electron chi connectivity index (χ4n) is 3.64. The maximum Gasteiger partial charge on any atom is 0.241 e. The zero-order valence-electron chi connectivity index (χ0n) is 16.7. The first-order valence-corrected chi connectivity index (χ1v) is 10.7. The highest BCUT2D eigenvalue weighted by Gasteiger charge is 2.30. The zero-order valence-corrected chi connectivity index (χ0v) is 17.5. The van der Waals surface area contributed by atoms with Gasteiger partial charge in [-0.05, 0) is 56.0 Å². The van der Waals surface area contributed by atoms with Crippen molar-refractivity contribution >= 4 is 21.6 Å². The SMILES string of the molecule is COc1ccccc1CC(C)(C)NS(=O)(=O)c1ccc2c(c1)N(C(C)=O)CC2. The molecule has 0 saturated heterocycles. The lowest BCUT2D eigenvalue weighted by molar-refractivity contribution is -0.116. The summed E-state index contributed by atoms with van der Waals surface area (Å²) in [6.45, 7) is 5.75. The van der Waals surface area contributed by atoms with E-state index in [1.165, 1.54) is 6.92 Å². The van der Waals surface area contributed by atoms with Crippen molar-refractivity contribution in [3.05, 3.63) is 53.6 Å². The predicted octanol–water partition coefficient (Wildman–Crippen LogP) is 2.90. The molecule has 0 radical (unpaired) electrons. The monoisotopic (exact) mass is 402 g/mol. The molecule has 1 heterocycles. The Morgan fingerprint density at radius 1 is 1.21 bits per heavy atom. The third-order valence-corrected chi connectivity index (χ3v) is 6.57. The van der Waals surface area contributed by atoms with Crippen LogP contribution in [0.5, 0.6) is 5.75 Å². The predicted molar refractivity (Wildman–Crippen MR) is 109 cm³/mol. The Labute approximate surface area is 166 Å². The molecular weight excluding hydrogens is 376 g/mol. The van der Waals surface area contributed by atoms with Gasteiger partial charge in [-0.15, -0.1) is 0 Å². The van der Waals surface area contributed by atoms with Gasteiger partial charge in [-0.1, -0.05) is 24.3 Å². The van der Waals surface area contributed by atoms with E-state index >= 15 is 0 Å². The highest BCUT2D eigenvalue weighted by atomic mass is 32.2. The van der Waals surface area contributed by atoms with Gasteiger partial charge in [0.2, 0.25) is 15.9 Å². The lowest BCUT2D eigenvalue weighted by atomic mass is 9.96. The third-order valence-electron chi connectivity index (χ3n) is 4.88. The van der Waals surface area contributed by atoms with Crippen LogP contribution in [0.25, 0.3) is 0 Å². The molecule has 0 bridgehead atoms. The van der Waals surface area contributed by atoms with E-state index in [9.17, 15) is 13.2 Å². The number of rotatable bonds is 6. The van der Waals surface area contributed by atoms with Crippen LogP contribution in [-0.2, 0) is 27.7 Å². The minimum absolute atomic E-state index is 0.0854. The summed E-state index contributed by atoms with van der Waals surface area (Å²) in [5.41, 5.74) is 1.86. The van der Waals surface area contributed by atoms with Gasteiger partial charge < -0.3 is 9.64 Å². The lowest BCUT2D eigenvalue weighted by Gasteiger charge is -2.27. The number of sulfonamides is 1. The molecule has 150 valence electrons. The summed E-state index contributed by atoms with van der Waals surface area (Å²) in [5, 5.41) is 0. The number of methoxy groups -OCH3 is 1. The average Bonchev–Trinajstić information content (AvgIpc) is 3.04. The van der Waals surface area contributed by atoms with E-state index in [1.54, 1.807) is 30.2 Å². The van der Waals surface area contributed by atoms with Crippen molar-refractivity contribution in [2.75, 3.05) is 18.6 Å². The van der Waals surface area contributed by atoms with Crippen molar-refractivity contribution in [2.24, 2.45) is 0 Å². The molecule has 0 atom stereocenters. The summed E-state index contributed by atoms with van der Waals surface area (Å²) in [5.74, 6) is 0.641. The van der Waals surface area contributed by atoms with Gasteiger partial charge in [0.1, 0.15) is 5.75 Å². The minimum atomic E-state index is -3.76. The first kappa shape index (κ1) is 20.4. The summed E-state index contributed by atoms with van der Waals surface area (Å²) in [4.78, 5) is 13.6. The Morgan fingerprint density at radius 3 is 2.61 bits per heavy atom. The van der Waals surface area contributed by atoms with Crippen molar-refractivity contribution in [3.63, 3.8) is 0 Å². The summed E-state index contributed by atoms with van der Waals surface area (Å²) < 4.78 is 34.2. The minimum Gasteiger partial charge on any atom is -0.496 e. The summed E-state index contributed by atoms with van der Waals surface area (Å²) in [7, 11) is -2.16. The van der Waals surface area contributed by atoms with Crippen molar-refractivity contribution in [1.82, 2.24) is 4.72 Å². The number of fused-ring (bicyclic) bond motifs is 1. The maximum atomic E-state index is 13.0. The Kier molecular flexibility index (Phi) is 5.50. The number of hydrogen-bond donors (Lipinski definition) is 1. The van der Waals surface area contributed by atoms with Crippen LogP contribution in [-0.4, -0.2) is 33.5 Å². The van der Waals surface area contributed by atoms with Gasteiger partial charge in [0.25, 0.3) is 0 Å². The molecule has 7 heteroatoms. The summed E-state index contributed by atoms with van der Waals surface area (Å²) in [6, 6.07) is 12.5. The van der Waals surface area contributed by atoms with Gasteiger partial charge in [-0.2, -0.15) is 0 Å². The number of benzene rings is 2. The molecular formula is C21H26N2O4S. The van der Waals surface area contributed by atoms with Gasteiger partial charge in [0.15, 0.2) is 0 Å². The number of anilines is 1. The molecule has 6 nitrogen and oxygen atoms in total.